The predicted molar refractivity (Wildman–Crippen MR) is 94.3 cm³/mol. The maximum atomic E-state index is 12.5. The molecule has 1 unspecified atom stereocenters. The quantitative estimate of drug-likeness (QED) is 0.692. The zero-order valence-corrected chi connectivity index (χ0v) is 14.0. The fourth-order valence-electron chi connectivity index (χ4n) is 2.15. The number of benzene rings is 2. The molecular weight excluding hydrogens is 332 g/mol. The van der Waals surface area contributed by atoms with E-state index < -0.39 is 5.97 Å². The zero-order valence-electron chi connectivity index (χ0n) is 12.4. The lowest BCUT2D eigenvalue weighted by Crippen LogP contribution is -2.07. The van der Waals surface area contributed by atoms with Crippen LogP contribution >= 0.6 is 23.4 Å². The average Bonchev–Trinajstić information content (AvgIpc) is 2.55. The highest BCUT2D eigenvalue weighted by Crippen LogP contribution is 2.33. The van der Waals surface area contributed by atoms with Crippen LogP contribution in [0, 0.1) is 0 Å². The van der Waals surface area contributed by atoms with Crippen LogP contribution in [0.3, 0.4) is 0 Å². The second kappa shape index (κ2) is 8.75. The summed E-state index contributed by atoms with van der Waals surface area (Å²) in [5, 5.41) is 9.33. The SMILES string of the molecule is O=C(O)CCSC(CC(=O)c1ccc(Cl)cc1)c1ccccc1. The van der Waals surface area contributed by atoms with Gasteiger partial charge in [0.25, 0.3) is 0 Å². The van der Waals surface area contributed by atoms with Gasteiger partial charge < -0.3 is 5.11 Å². The molecule has 0 fully saturated rings. The van der Waals surface area contributed by atoms with Crippen LogP contribution in [0.2, 0.25) is 5.02 Å². The molecule has 0 amide bonds. The van der Waals surface area contributed by atoms with Crippen LogP contribution in [-0.2, 0) is 4.79 Å². The Balaban J connectivity index is 2.08. The molecule has 23 heavy (non-hydrogen) atoms. The third-order valence-corrected chi connectivity index (χ3v) is 4.88. The smallest absolute Gasteiger partial charge is 0.304 e. The molecule has 120 valence electrons. The Morgan fingerprint density at radius 1 is 1.04 bits per heavy atom. The van der Waals surface area contributed by atoms with Crippen molar-refractivity contribution in [2.45, 2.75) is 18.1 Å². The van der Waals surface area contributed by atoms with E-state index in [4.69, 9.17) is 16.7 Å². The second-order valence-corrected chi connectivity index (χ2v) is 6.80. The van der Waals surface area contributed by atoms with E-state index in [1.165, 1.54) is 11.8 Å². The number of aliphatic carboxylic acids is 1. The van der Waals surface area contributed by atoms with E-state index in [9.17, 15) is 9.59 Å². The first-order valence-electron chi connectivity index (χ1n) is 7.23. The number of halogens is 1. The number of hydrogen-bond donors (Lipinski definition) is 1. The van der Waals surface area contributed by atoms with Crippen LogP contribution in [0.4, 0.5) is 0 Å². The van der Waals surface area contributed by atoms with Crippen molar-refractivity contribution in [3.05, 3.63) is 70.7 Å². The van der Waals surface area contributed by atoms with Gasteiger partial charge >= 0.3 is 5.97 Å². The van der Waals surface area contributed by atoms with Gasteiger partial charge in [-0.2, -0.15) is 11.8 Å². The first-order valence-corrected chi connectivity index (χ1v) is 8.66. The molecule has 0 aliphatic heterocycles. The maximum absolute atomic E-state index is 12.5. The van der Waals surface area contributed by atoms with Crippen molar-refractivity contribution >= 4 is 35.1 Å². The van der Waals surface area contributed by atoms with E-state index in [1.807, 2.05) is 30.3 Å². The standard InChI is InChI=1S/C18H17ClO3S/c19-15-8-6-13(7-9-15)16(20)12-17(23-11-10-18(21)22)14-4-2-1-3-5-14/h1-9,17H,10-12H2,(H,21,22). The molecule has 1 atom stereocenters. The van der Waals surface area contributed by atoms with Gasteiger partial charge in [0.2, 0.25) is 0 Å². The Labute approximate surface area is 144 Å². The van der Waals surface area contributed by atoms with E-state index in [0.717, 1.165) is 5.56 Å². The van der Waals surface area contributed by atoms with E-state index in [2.05, 4.69) is 0 Å². The number of hydrogen-bond acceptors (Lipinski definition) is 3. The van der Waals surface area contributed by atoms with E-state index in [0.29, 0.717) is 22.8 Å². The molecule has 0 aliphatic rings. The molecule has 0 heterocycles. The lowest BCUT2D eigenvalue weighted by Gasteiger charge is -2.16. The van der Waals surface area contributed by atoms with Crippen molar-refractivity contribution in [2.75, 3.05) is 5.75 Å². The Hall–Kier alpha value is -1.78. The van der Waals surface area contributed by atoms with Crippen molar-refractivity contribution < 1.29 is 14.7 Å². The summed E-state index contributed by atoms with van der Waals surface area (Å²) >= 11 is 7.35. The molecule has 0 spiro atoms. The summed E-state index contributed by atoms with van der Waals surface area (Å²) < 4.78 is 0. The molecule has 1 N–H and O–H groups in total. The fraction of sp³-hybridized carbons (Fsp3) is 0.222. The molecule has 0 aromatic heterocycles. The molecule has 0 saturated heterocycles. The minimum atomic E-state index is -0.826. The lowest BCUT2D eigenvalue weighted by atomic mass is 10.0. The van der Waals surface area contributed by atoms with Crippen LogP contribution in [-0.4, -0.2) is 22.6 Å². The van der Waals surface area contributed by atoms with Gasteiger partial charge in [-0.05, 0) is 29.8 Å². The Bertz CT molecular complexity index is 656. The Morgan fingerprint density at radius 3 is 2.30 bits per heavy atom. The number of carboxylic acids is 1. The average molecular weight is 349 g/mol. The summed E-state index contributed by atoms with van der Waals surface area (Å²) in [6, 6.07) is 16.5. The monoisotopic (exact) mass is 348 g/mol. The van der Waals surface area contributed by atoms with Crippen LogP contribution in [0.1, 0.15) is 34.0 Å². The molecule has 3 nitrogen and oxygen atoms in total. The molecule has 0 radical (unpaired) electrons. The summed E-state index contributed by atoms with van der Waals surface area (Å²) in [6.07, 6.45) is 0.416. The highest BCUT2D eigenvalue weighted by Gasteiger charge is 2.18. The topological polar surface area (TPSA) is 54.4 Å². The lowest BCUT2D eigenvalue weighted by molar-refractivity contribution is -0.136. The maximum Gasteiger partial charge on any atom is 0.304 e. The van der Waals surface area contributed by atoms with Gasteiger partial charge in [-0.3, -0.25) is 9.59 Å². The molecule has 0 saturated carbocycles. The molecule has 2 aromatic rings. The normalized spacial score (nSPS) is 11.9. The number of ketones is 1. The third kappa shape index (κ3) is 5.73. The number of carbonyl (C=O) groups is 2. The van der Waals surface area contributed by atoms with Crippen molar-refractivity contribution in [2.24, 2.45) is 0 Å². The van der Waals surface area contributed by atoms with Gasteiger partial charge in [0.1, 0.15) is 0 Å². The van der Waals surface area contributed by atoms with E-state index in [-0.39, 0.29) is 17.5 Å². The van der Waals surface area contributed by atoms with Gasteiger partial charge in [0.05, 0.1) is 6.42 Å². The highest BCUT2D eigenvalue weighted by atomic mass is 35.5. The first kappa shape index (κ1) is 17.6. The summed E-state index contributed by atoms with van der Waals surface area (Å²) in [6.45, 7) is 0. The van der Waals surface area contributed by atoms with Gasteiger partial charge in [-0.15, -0.1) is 0 Å². The van der Waals surface area contributed by atoms with Crippen LogP contribution in [0.5, 0.6) is 0 Å². The van der Waals surface area contributed by atoms with Crippen LogP contribution in [0.15, 0.2) is 54.6 Å². The van der Waals surface area contributed by atoms with Crippen LogP contribution in [0.25, 0.3) is 0 Å². The predicted octanol–water partition coefficient (Wildman–Crippen LogP) is 4.86. The van der Waals surface area contributed by atoms with Gasteiger partial charge in [-0.25, -0.2) is 0 Å². The Morgan fingerprint density at radius 2 is 1.70 bits per heavy atom. The van der Waals surface area contributed by atoms with E-state index >= 15 is 0 Å². The minimum Gasteiger partial charge on any atom is -0.481 e. The zero-order chi connectivity index (χ0) is 16.7. The molecule has 5 heteroatoms. The highest BCUT2D eigenvalue weighted by molar-refractivity contribution is 7.99. The first-order chi connectivity index (χ1) is 11.1. The van der Waals surface area contributed by atoms with Gasteiger partial charge in [-0.1, -0.05) is 41.9 Å². The molecular formula is C18H17ClO3S. The van der Waals surface area contributed by atoms with E-state index in [1.54, 1.807) is 24.3 Å². The summed E-state index contributed by atoms with van der Waals surface area (Å²) in [5.74, 6) is -0.324. The number of Topliss-reactive ketones (excluding diaryl/α,β-unsaturated/α-hetero) is 1. The third-order valence-electron chi connectivity index (χ3n) is 3.34. The summed E-state index contributed by atoms with van der Waals surface area (Å²) in [4.78, 5) is 23.2. The molecule has 2 rings (SSSR count). The van der Waals surface area contributed by atoms with Crippen molar-refractivity contribution in [3.63, 3.8) is 0 Å². The second-order valence-electron chi connectivity index (χ2n) is 5.05. The van der Waals surface area contributed by atoms with Crippen molar-refractivity contribution in [1.82, 2.24) is 0 Å². The summed E-state index contributed by atoms with van der Waals surface area (Å²) in [7, 11) is 0. The van der Waals surface area contributed by atoms with Crippen molar-refractivity contribution in [1.29, 1.82) is 0 Å². The van der Waals surface area contributed by atoms with Crippen LogP contribution < -0.4 is 0 Å². The van der Waals surface area contributed by atoms with Crippen molar-refractivity contribution in [3.8, 4) is 0 Å². The number of carbonyl (C=O) groups excluding carboxylic acids is 1. The number of carboxylic acid groups (broad SMARTS) is 1. The van der Waals surface area contributed by atoms with Gasteiger partial charge in [0.15, 0.2) is 5.78 Å². The molecule has 2 aromatic carbocycles. The minimum absolute atomic E-state index is 0.0262. The summed E-state index contributed by atoms with van der Waals surface area (Å²) in [5.41, 5.74) is 1.65. The molecule has 0 aliphatic carbocycles. The Kier molecular flexibility index (Phi) is 6.68. The largest absolute Gasteiger partial charge is 0.481 e. The number of thioether (sulfide) groups is 1. The number of rotatable bonds is 8. The molecule has 0 bridgehead atoms. The fourth-order valence-corrected chi connectivity index (χ4v) is 3.47. The van der Waals surface area contributed by atoms with Gasteiger partial charge in [0, 0.05) is 28.0 Å².